The number of hydrogen-bond acceptors (Lipinski definition) is 3. The lowest BCUT2D eigenvalue weighted by atomic mass is 10.1. The molecule has 4 N–H and O–H groups in total. The molecule has 0 radical (unpaired) electrons. The SMILES string of the molecule is CC(NC(=O)c1ccc(/C(N)=N/O)cc1)C1CC1. The Morgan fingerprint density at radius 2 is 1.94 bits per heavy atom. The summed E-state index contributed by atoms with van der Waals surface area (Å²) in [7, 11) is 0. The van der Waals surface area contributed by atoms with Gasteiger partial charge in [0.15, 0.2) is 5.84 Å². The van der Waals surface area contributed by atoms with Gasteiger partial charge in [0.25, 0.3) is 5.91 Å². The van der Waals surface area contributed by atoms with Gasteiger partial charge in [-0.15, -0.1) is 0 Å². The van der Waals surface area contributed by atoms with Crippen molar-refractivity contribution in [1.29, 1.82) is 0 Å². The fraction of sp³-hybridized carbons (Fsp3) is 0.385. The van der Waals surface area contributed by atoms with E-state index in [-0.39, 0.29) is 17.8 Å². The summed E-state index contributed by atoms with van der Waals surface area (Å²) in [6.45, 7) is 2.03. The normalized spacial score (nSPS) is 17.3. The lowest BCUT2D eigenvalue weighted by Crippen LogP contribution is -2.34. The van der Waals surface area contributed by atoms with Crippen LogP contribution in [0.3, 0.4) is 0 Å². The largest absolute Gasteiger partial charge is 0.409 e. The molecule has 96 valence electrons. The summed E-state index contributed by atoms with van der Waals surface area (Å²) in [5.41, 5.74) is 6.62. The molecular weight excluding hydrogens is 230 g/mol. The molecule has 0 bridgehead atoms. The van der Waals surface area contributed by atoms with Crippen LogP contribution in [0, 0.1) is 5.92 Å². The van der Waals surface area contributed by atoms with Crippen LogP contribution < -0.4 is 11.1 Å². The van der Waals surface area contributed by atoms with E-state index in [9.17, 15) is 4.79 Å². The Kier molecular flexibility index (Phi) is 3.50. The van der Waals surface area contributed by atoms with Crippen LogP contribution >= 0.6 is 0 Å². The number of nitrogens with zero attached hydrogens (tertiary/aromatic N) is 1. The van der Waals surface area contributed by atoms with E-state index in [1.807, 2.05) is 6.92 Å². The smallest absolute Gasteiger partial charge is 0.251 e. The van der Waals surface area contributed by atoms with Crippen molar-refractivity contribution in [2.45, 2.75) is 25.8 Å². The number of nitrogens with one attached hydrogen (secondary N) is 1. The Bertz CT molecular complexity index is 464. The molecule has 5 heteroatoms. The van der Waals surface area contributed by atoms with Crippen LogP contribution in [0.25, 0.3) is 0 Å². The second-order valence-electron chi connectivity index (χ2n) is 4.66. The third-order valence-corrected chi connectivity index (χ3v) is 3.24. The number of amides is 1. The second kappa shape index (κ2) is 5.08. The number of amidine groups is 1. The topological polar surface area (TPSA) is 87.7 Å². The van der Waals surface area contributed by atoms with Gasteiger partial charge in [-0.25, -0.2) is 0 Å². The zero-order chi connectivity index (χ0) is 13.1. The van der Waals surface area contributed by atoms with Crippen molar-refractivity contribution in [1.82, 2.24) is 5.32 Å². The van der Waals surface area contributed by atoms with E-state index in [0.717, 1.165) is 0 Å². The number of oxime groups is 1. The molecule has 1 aromatic carbocycles. The van der Waals surface area contributed by atoms with Crippen LogP contribution in [0.2, 0.25) is 0 Å². The minimum absolute atomic E-state index is 0.0355. The maximum Gasteiger partial charge on any atom is 0.251 e. The van der Waals surface area contributed by atoms with Gasteiger partial charge in [0.1, 0.15) is 0 Å². The average molecular weight is 247 g/mol. The first-order valence-electron chi connectivity index (χ1n) is 6.00. The predicted molar refractivity (Wildman–Crippen MR) is 68.6 cm³/mol. The molecule has 0 heterocycles. The lowest BCUT2D eigenvalue weighted by molar-refractivity contribution is 0.0936. The average Bonchev–Trinajstić information content (AvgIpc) is 3.22. The molecule has 5 nitrogen and oxygen atoms in total. The molecule has 1 amide bonds. The molecule has 0 aromatic heterocycles. The summed E-state index contributed by atoms with van der Waals surface area (Å²) in [6.07, 6.45) is 2.40. The Hall–Kier alpha value is -2.04. The highest BCUT2D eigenvalue weighted by Crippen LogP contribution is 2.32. The second-order valence-corrected chi connectivity index (χ2v) is 4.66. The van der Waals surface area contributed by atoms with Crippen LogP contribution in [0.15, 0.2) is 29.4 Å². The predicted octanol–water partition coefficient (Wildman–Crippen LogP) is 1.31. The third-order valence-electron chi connectivity index (χ3n) is 3.24. The van der Waals surface area contributed by atoms with E-state index in [4.69, 9.17) is 10.9 Å². The minimum Gasteiger partial charge on any atom is -0.409 e. The van der Waals surface area contributed by atoms with E-state index in [1.54, 1.807) is 24.3 Å². The number of rotatable bonds is 4. The number of nitrogens with two attached hydrogens (primary N) is 1. The minimum atomic E-state index is -0.0829. The molecule has 1 aliphatic rings. The monoisotopic (exact) mass is 247 g/mol. The van der Waals surface area contributed by atoms with Crippen LogP contribution in [-0.2, 0) is 0 Å². The zero-order valence-electron chi connectivity index (χ0n) is 10.3. The molecule has 18 heavy (non-hydrogen) atoms. The first-order valence-corrected chi connectivity index (χ1v) is 6.00. The number of carbonyl (C=O) groups excluding carboxylic acids is 1. The van der Waals surface area contributed by atoms with Crippen molar-refractivity contribution < 1.29 is 10.0 Å². The van der Waals surface area contributed by atoms with Gasteiger partial charge in [0.2, 0.25) is 0 Å². The van der Waals surface area contributed by atoms with Crippen molar-refractivity contribution in [3.63, 3.8) is 0 Å². The summed E-state index contributed by atoms with van der Waals surface area (Å²) < 4.78 is 0. The zero-order valence-corrected chi connectivity index (χ0v) is 10.3. The maximum absolute atomic E-state index is 11.9. The number of hydrogen-bond donors (Lipinski definition) is 3. The highest BCUT2D eigenvalue weighted by molar-refractivity contribution is 5.99. The van der Waals surface area contributed by atoms with E-state index in [2.05, 4.69) is 10.5 Å². The number of benzene rings is 1. The van der Waals surface area contributed by atoms with E-state index >= 15 is 0 Å². The van der Waals surface area contributed by atoms with Gasteiger partial charge < -0.3 is 16.3 Å². The molecule has 0 aliphatic heterocycles. The van der Waals surface area contributed by atoms with Gasteiger partial charge in [0.05, 0.1) is 0 Å². The molecule has 1 aliphatic carbocycles. The van der Waals surface area contributed by atoms with Crippen molar-refractivity contribution in [3.05, 3.63) is 35.4 Å². The van der Waals surface area contributed by atoms with Crippen LogP contribution in [0.5, 0.6) is 0 Å². The highest BCUT2D eigenvalue weighted by Gasteiger charge is 2.28. The van der Waals surface area contributed by atoms with Crippen molar-refractivity contribution >= 4 is 11.7 Å². The summed E-state index contributed by atoms with van der Waals surface area (Å²) in [4.78, 5) is 11.9. The Morgan fingerprint density at radius 1 is 1.39 bits per heavy atom. The highest BCUT2D eigenvalue weighted by atomic mass is 16.4. The standard InChI is InChI=1S/C13H17N3O2/c1-8(9-2-3-9)15-13(17)11-6-4-10(5-7-11)12(14)16-18/h4-9,18H,2-3H2,1H3,(H2,14,16)(H,15,17). The van der Waals surface area contributed by atoms with Crippen LogP contribution in [-0.4, -0.2) is 23.0 Å². The van der Waals surface area contributed by atoms with E-state index < -0.39 is 0 Å². The summed E-state index contributed by atoms with van der Waals surface area (Å²) in [5.74, 6) is 0.583. The van der Waals surface area contributed by atoms with Gasteiger partial charge in [-0.05, 0) is 37.8 Å². The van der Waals surface area contributed by atoms with Crippen LogP contribution in [0.4, 0.5) is 0 Å². The van der Waals surface area contributed by atoms with Gasteiger partial charge in [-0.2, -0.15) is 0 Å². The van der Waals surface area contributed by atoms with Gasteiger partial charge in [0, 0.05) is 17.2 Å². The van der Waals surface area contributed by atoms with Crippen molar-refractivity contribution in [2.75, 3.05) is 0 Å². The molecule has 1 atom stereocenters. The van der Waals surface area contributed by atoms with Crippen molar-refractivity contribution in [3.8, 4) is 0 Å². The molecule has 0 saturated heterocycles. The maximum atomic E-state index is 11.9. The first-order chi connectivity index (χ1) is 8.61. The molecule has 0 spiro atoms. The Morgan fingerprint density at radius 3 is 2.44 bits per heavy atom. The summed E-state index contributed by atoms with van der Waals surface area (Å²) >= 11 is 0. The fourth-order valence-corrected chi connectivity index (χ4v) is 1.85. The van der Waals surface area contributed by atoms with Gasteiger partial charge in [-0.1, -0.05) is 17.3 Å². The Balaban J connectivity index is 2.02. The molecule has 2 rings (SSSR count). The molecular formula is C13H17N3O2. The molecule has 1 unspecified atom stereocenters. The molecule has 1 fully saturated rings. The van der Waals surface area contributed by atoms with Crippen molar-refractivity contribution in [2.24, 2.45) is 16.8 Å². The molecule has 1 aromatic rings. The van der Waals surface area contributed by atoms with E-state index in [1.165, 1.54) is 12.8 Å². The van der Waals surface area contributed by atoms with Gasteiger partial charge >= 0.3 is 0 Å². The third kappa shape index (κ3) is 2.80. The van der Waals surface area contributed by atoms with Crippen LogP contribution in [0.1, 0.15) is 35.7 Å². The lowest BCUT2D eigenvalue weighted by Gasteiger charge is -2.12. The van der Waals surface area contributed by atoms with Gasteiger partial charge in [-0.3, -0.25) is 4.79 Å². The Labute approximate surface area is 106 Å². The summed E-state index contributed by atoms with van der Waals surface area (Å²) in [6, 6.07) is 6.88. The fourth-order valence-electron chi connectivity index (χ4n) is 1.85. The molecule has 1 saturated carbocycles. The van der Waals surface area contributed by atoms with E-state index in [0.29, 0.717) is 17.0 Å². The quantitative estimate of drug-likeness (QED) is 0.324. The number of carbonyl (C=O) groups is 1. The summed E-state index contributed by atoms with van der Waals surface area (Å²) in [5, 5.41) is 14.4. The first kappa shape index (κ1) is 12.4.